The molecule has 0 radical (unpaired) electrons. The van der Waals surface area contributed by atoms with E-state index in [1.165, 1.54) is 37.4 Å². The molecular formula is C24H26N4O9S2. The molecule has 0 unspecified atom stereocenters. The molecule has 2 N–H and O–H groups in total. The molecule has 0 aliphatic heterocycles. The quantitative estimate of drug-likeness (QED) is 0.241. The zero-order chi connectivity index (χ0) is 28.8. The molecule has 0 atom stereocenters. The Bertz CT molecular complexity index is 1560. The Kier molecular flexibility index (Phi) is 8.98. The number of rotatable bonds is 12. The molecule has 13 nitrogen and oxygen atoms in total. The van der Waals surface area contributed by atoms with E-state index in [1.807, 2.05) is 6.92 Å². The highest BCUT2D eigenvalue weighted by Crippen LogP contribution is 2.33. The molecule has 3 aromatic carbocycles. The lowest BCUT2D eigenvalue weighted by atomic mass is 10.2. The lowest BCUT2D eigenvalue weighted by Crippen LogP contribution is -2.37. The largest absolute Gasteiger partial charge is 0.495 e. The molecule has 0 heterocycles. The van der Waals surface area contributed by atoms with Crippen molar-refractivity contribution in [3.05, 3.63) is 76.8 Å². The molecule has 0 bridgehead atoms. The fourth-order valence-electron chi connectivity index (χ4n) is 3.42. The summed E-state index contributed by atoms with van der Waals surface area (Å²) < 4.78 is 64.0. The van der Waals surface area contributed by atoms with Crippen LogP contribution in [0.2, 0.25) is 0 Å². The highest BCUT2D eigenvalue weighted by molar-refractivity contribution is 7.92. The van der Waals surface area contributed by atoms with Crippen LogP contribution in [0, 0.1) is 10.1 Å². The minimum absolute atomic E-state index is 0.00779. The molecule has 0 saturated heterocycles. The van der Waals surface area contributed by atoms with Crippen LogP contribution in [-0.2, 0) is 24.8 Å². The number of nitro benzene ring substituents is 1. The summed E-state index contributed by atoms with van der Waals surface area (Å²) in [5.41, 5.74) is -0.0607. The SMILES string of the molecule is CCOc1ccc(NS(=O)(=O)c2ccc(NC(=O)CN(c3cc([N+](=O)[O-])ccc3OC)S(C)(=O)=O)cc2)cc1. The highest BCUT2D eigenvalue weighted by atomic mass is 32.2. The van der Waals surface area contributed by atoms with Gasteiger partial charge in [0.15, 0.2) is 0 Å². The van der Waals surface area contributed by atoms with Gasteiger partial charge in [-0.1, -0.05) is 0 Å². The Labute approximate surface area is 225 Å². The van der Waals surface area contributed by atoms with Gasteiger partial charge in [-0.25, -0.2) is 16.8 Å². The number of anilines is 3. The van der Waals surface area contributed by atoms with E-state index >= 15 is 0 Å². The Morgan fingerprint density at radius 3 is 2.13 bits per heavy atom. The van der Waals surface area contributed by atoms with E-state index in [4.69, 9.17) is 9.47 Å². The first-order valence-electron chi connectivity index (χ1n) is 11.3. The number of benzene rings is 3. The smallest absolute Gasteiger partial charge is 0.271 e. The van der Waals surface area contributed by atoms with Crippen LogP contribution in [0.15, 0.2) is 71.6 Å². The number of ether oxygens (including phenoxy) is 2. The summed E-state index contributed by atoms with van der Waals surface area (Å²) in [6.07, 6.45) is 0.843. The predicted molar refractivity (Wildman–Crippen MR) is 145 cm³/mol. The zero-order valence-corrected chi connectivity index (χ0v) is 22.8. The minimum Gasteiger partial charge on any atom is -0.495 e. The monoisotopic (exact) mass is 578 g/mol. The number of carbonyl (C=O) groups is 1. The summed E-state index contributed by atoms with van der Waals surface area (Å²) in [4.78, 5) is 23.1. The molecule has 0 spiro atoms. The number of amides is 1. The van der Waals surface area contributed by atoms with Crippen molar-refractivity contribution in [3.8, 4) is 11.5 Å². The first-order valence-corrected chi connectivity index (χ1v) is 14.6. The van der Waals surface area contributed by atoms with Gasteiger partial charge in [-0.2, -0.15) is 0 Å². The topological polar surface area (TPSA) is 174 Å². The second-order valence-corrected chi connectivity index (χ2v) is 11.6. The molecule has 0 fully saturated rings. The number of sulfonamides is 2. The summed E-state index contributed by atoms with van der Waals surface area (Å²) in [5, 5.41) is 13.7. The molecule has 1 amide bonds. The van der Waals surface area contributed by atoms with Gasteiger partial charge in [-0.05, 0) is 61.5 Å². The number of methoxy groups -OCH3 is 1. The van der Waals surface area contributed by atoms with Gasteiger partial charge in [0.2, 0.25) is 15.9 Å². The van der Waals surface area contributed by atoms with Gasteiger partial charge in [0.05, 0.1) is 29.8 Å². The highest BCUT2D eigenvalue weighted by Gasteiger charge is 2.26. The Morgan fingerprint density at radius 2 is 1.59 bits per heavy atom. The van der Waals surface area contributed by atoms with Crippen LogP contribution in [0.1, 0.15) is 6.92 Å². The van der Waals surface area contributed by atoms with Crippen LogP contribution in [-0.4, -0.2) is 54.2 Å². The average Bonchev–Trinajstić information content (AvgIpc) is 2.87. The van der Waals surface area contributed by atoms with Crippen LogP contribution in [0.25, 0.3) is 0 Å². The second-order valence-electron chi connectivity index (χ2n) is 8.02. The number of nitrogens with zero attached hydrogens (tertiary/aromatic N) is 2. The number of non-ortho nitro benzene ring substituents is 1. The van der Waals surface area contributed by atoms with E-state index in [0.29, 0.717) is 22.3 Å². The van der Waals surface area contributed by atoms with E-state index in [-0.39, 0.29) is 22.0 Å². The van der Waals surface area contributed by atoms with Crippen molar-refractivity contribution in [2.75, 3.05) is 40.9 Å². The third kappa shape index (κ3) is 7.58. The zero-order valence-electron chi connectivity index (χ0n) is 21.2. The Balaban J connectivity index is 1.75. The number of nitro groups is 1. The van der Waals surface area contributed by atoms with Crippen molar-refractivity contribution < 1.29 is 36.0 Å². The Morgan fingerprint density at radius 1 is 0.974 bits per heavy atom. The van der Waals surface area contributed by atoms with Crippen LogP contribution < -0.4 is 23.8 Å². The molecule has 0 aliphatic rings. The van der Waals surface area contributed by atoms with Gasteiger partial charge in [0, 0.05) is 23.5 Å². The summed E-state index contributed by atoms with van der Waals surface area (Å²) in [6, 6.07) is 14.9. The van der Waals surface area contributed by atoms with Gasteiger partial charge in [0.1, 0.15) is 23.7 Å². The molecule has 3 rings (SSSR count). The lowest BCUT2D eigenvalue weighted by Gasteiger charge is -2.23. The van der Waals surface area contributed by atoms with Gasteiger partial charge in [-0.3, -0.25) is 23.9 Å². The van der Waals surface area contributed by atoms with E-state index in [2.05, 4.69) is 10.0 Å². The summed E-state index contributed by atoms with van der Waals surface area (Å²) in [7, 11) is -6.75. The summed E-state index contributed by atoms with van der Waals surface area (Å²) in [6.45, 7) is 1.58. The molecular weight excluding hydrogens is 552 g/mol. The summed E-state index contributed by atoms with van der Waals surface area (Å²) >= 11 is 0. The normalized spacial score (nSPS) is 11.4. The standard InChI is InChI=1S/C24H26N4O9S2/c1-4-37-20-10-5-18(6-11-20)26-39(34,35)21-12-7-17(8-13-21)25-24(29)16-27(38(3,32)33)22-15-19(28(30)31)9-14-23(22)36-2/h5-15,26H,4,16H2,1-3H3,(H,25,29). The maximum absolute atomic E-state index is 12.7. The van der Waals surface area contributed by atoms with Crippen molar-refractivity contribution in [1.82, 2.24) is 0 Å². The fraction of sp³-hybridized carbons (Fsp3) is 0.208. The van der Waals surface area contributed by atoms with E-state index in [1.54, 1.807) is 24.3 Å². The van der Waals surface area contributed by atoms with Crippen molar-refractivity contribution in [1.29, 1.82) is 0 Å². The summed E-state index contributed by atoms with van der Waals surface area (Å²) in [5.74, 6) is -0.176. The maximum atomic E-state index is 12.7. The van der Waals surface area contributed by atoms with Crippen molar-refractivity contribution in [2.45, 2.75) is 11.8 Å². The van der Waals surface area contributed by atoms with Gasteiger partial charge >= 0.3 is 0 Å². The molecule has 0 aromatic heterocycles. The van der Waals surface area contributed by atoms with Crippen LogP contribution in [0.3, 0.4) is 0 Å². The van der Waals surface area contributed by atoms with E-state index in [0.717, 1.165) is 18.4 Å². The predicted octanol–water partition coefficient (Wildman–Crippen LogP) is 3.21. The van der Waals surface area contributed by atoms with Gasteiger partial charge in [-0.15, -0.1) is 0 Å². The molecule has 208 valence electrons. The number of hydrogen-bond acceptors (Lipinski definition) is 9. The first-order chi connectivity index (χ1) is 18.3. The maximum Gasteiger partial charge on any atom is 0.271 e. The Hall–Kier alpha value is -4.37. The number of nitrogens with one attached hydrogen (secondary N) is 2. The van der Waals surface area contributed by atoms with Crippen molar-refractivity contribution in [2.24, 2.45) is 0 Å². The third-order valence-electron chi connectivity index (χ3n) is 5.20. The van der Waals surface area contributed by atoms with Crippen LogP contribution >= 0.6 is 0 Å². The molecule has 0 saturated carbocycles. The van der Waals surface area contributed by atoms with E-state index < -0.39 is 43.1 Å². The third-order valence-corrected chi connectivity index (χ3v) is 7.72. The molecule has 3 aromatic rings. The van der Waals surface area contributed by atoms with Crippen LogP contribution in [0.5, 0.6) is 11.5 Å². The van der Waals surface area contributed by atoms with Crippen molar-refractivity contribution >= 4 is 48.7 Å². The fourth-order valence-corrected chi connectivity index (χ4v) is 5.33. The molecule has 39 heavy (non-hydrogen) atoms. The number of hydrogen-bond donors (Lipinski definition) is 2. The van der Waals surface area contributed by atoms with E-state index in [9.17, 15) is 31.7 Å². The number of carbonyl (C=O) groups excluding carboxylic acids is 1. The van der Waals surface area contributed by atoms with Gasteiger partial charge in [0.25, 0.3) is 15.7 Å². The molecule has 15 heteroatoms. The van der Waals surface area contributed by atoms with Crippen molar-refractivity contribution in [3.63, 3.8) is 0 Å². The van der Waals surface area contributed by atoms with Crippen LogP contribution in [0.4, 0.5) is 22.7 Å². The second kappa shape index (κ2) is 12.0. The minimum atomic E-state index is -4.07. The average molecular weight is 579 g/mol. The lowest BCUT2D eigenvalue weighted by molar-refractivity contribution is -0.384. The first kappa shape index (κ1) is 29.2. The molecule has 0 aliphatic carbocycles. The van der Waals surface area contributed by atoms with Gasteiger partial charge < -0.3 is 14.8 Å².